The van der Waals surface area contributed by atoms with Crippen molar-refractivity contribution < 1.29 is 14.6 Å². The number of benzene rings is 1. The Kier molecular flexibility index (Phi) is 4.39. The number of pyridine rings is 1. The molecule has 1 aromatic carbocycles. The molecule has 1 N–H and O–H groups in total. The molecule has 0 bridgehead atoms. The predicted octanol–water partition coefficient (Wildman–Crippen LogP) is 5.04. The first-order valence-electron chi connectivity index (χ1n) is 7.89. The summed E-state index contributed by atoms with van der Waals surface area (Å²) >= 11 is 1.59. The maximum Gasteiger partial charge on any atom is 0.415 e. The van der Waals surface area contributed by atoms with Gasteiger partial charge in [0.15, 0.2) is 0 Å². The number of carbonyl (C=O) groups is 1. The van der Waals surface area contributed by atoms with Crippen molar-refractivity contribution in [2.75, 3.05) is 11.9 Å². The zero-order chi connectivity index (χ0) is 18.2. The first kappa shape index (κ1) is 17.2. The van der Waals surface area contributed by atoms with Crippen LogP contribution in [-0.4, -0.2) is 28.8 Å². The van der Waals surface area contributed by atoms with E-state index < -0.39 is 11.7 Å². The van der Waals surface area contributed by atoms with Crippen LogP contribution in [0, 0.1) is 0 Å². The number of hydrogen-bond acceptors (Lipinski definition) is 5. The van der Waals surface area contributed by atoms with E-state index in [0.717, 1.165) is 20.5 Å². The number of phenols is 1. The monoisotopic (exact) mass is 356 g/mol. The lowest BCUT2D eigenvalue weighted by molar-refractivity contribution is 0.0588. The largest absolute Gasteiger partial charge is 0.508 e. The number of carbonyl (C=O) groups excluding carboxylic acids is 1. The Morgan fingerprint density at radius 1 is 1.20 bits per heavy atom. The van der Waals surface area contributed by atoms with E-state index in [9.17, 15) is 9.90 Å². The number of aromatic hydroxyl groups is 1. The fraction of sp³-hybridized carbons (Fsp3) is 0.263. The minimum atomic E-state index is -0.548. The number of thiophene rings is 1. The number of fused-ring (bicyclic) bond motifs is 1. The molecule has 2 heterocycles. The molecule has 0 aliphatic heterocycles. The van der Waals surface area contributed by atoms with E-state index in [-0.39, 0.29) is 5.75 Å². The number of rotatable bonds is 2. The molecular weight excluding hydrogens is 336 g/mol. The summed E-state index contributed by atoms with van der Waals surface area (Å²) in [5.74, 6) is 0.783. The summed E-state index contributed by atoms with van der Waals surface area (Å²) in [5.41, 5.74) is 0.413. The summed E-state index contributed by atoms with van der Waals surface area (Å²) in [6.45, 7) is 5.48. The van der Waals surface area contributed by atoms with E-state index in [1.807, 2.05) is 32.9 Å². The number of aromatic nitrogens is 1. The van der Waals surface area contributed by atoms with Gasteiger partial charge in [-0.3, -0.25) is 4.90 Å². The van der Waals surface area contributed by atoms with Crippen LogP contribution in [0.1, 0.15) is 20.8 Å². The van der Waals surface area contributed by atoms with Gasteiger partial charge in [-0.05, 0) is 62.6 Å². The quantitative estimate of drug-likeness (QED) is 0.699. The molecule has 3 aromatic rings. The van der Waals surface area contributed by atoms with Crippen LogP contribution in [0.25, 0.3) is 20.5 Å². The minimum Gasteiger partial charge on any atom is -0.508 e. The lowest BCUT2D eigenvalue weighted by Crippen LogP contribution is -2.34. The molecule has 0 aliphatic carbocycles. The summed E-state index contributed by atoms with van der Waals surface area (Å²) in [7, 11) is 1.64. The van der Waals surface area contributed by atoms with Gasteiger partial charge in [-0.1, -0.05) is 0 Å². The maximum absolute atomic E-state index is 12.1. The van der Waals surface area contributed by atoms with E-state index in [1.54, 1.807) is 42.8 Å². The number of ether oxygens (including phenoxy) is 1. The summed E-state index contributed by atoms with van der Waals surface area (Å²) < 4.78 is 6.36. The molecule has 0 unspecified atom stereocenters. The van der Waals surface area contributed by atoms with Gasteiger partial charge in [-0.2, -0.15) is 0 Å². The summed E-state index contributed by atoms with van der Waals surface area (Å²) in [5, 5.41) is 10.7. The Balaban J connectivity index is 1.82. The topological polar surface area (TPSA) is 62.7 Å². The Morgan fingerprint density at radius 3 is 2.60 bits per heavy atom. The van der Waals surface area contributed by atoms with Crippen molar-refractivity contribution in [2.24, 2.45) is 0 Å². The average Bonchev–Trinajstić information content (AvgIpc) is 2.95. The summed E-state index contributed by atoms with van der Waals surface area (Å²) in [4.78, 5) is 18.9. The average molecular weight is 356 g/mol. The fourth-order valence-corrected chi connectivity index (χ4v) is 3.40. The number of hydrogen-bond donors (Lipinski definition) is 1. The number of nitrogens with zero attached hydrogens (tertiary/aromatic N) is 2. The van der Waals surface area contributed by atoms with Crippen molar-refractivity contribution in [1.29, 1.82) is 0 Å². The van der Waals surface area contributed by atoms with Gasteiger partial charge in [0.1, 0.15) is 17.2 Å². The van der Waals surface area contributed by atoms with Gasteiger partial charge >= 0.3 is 6.09 Å². The summed E-state index contributed by atoms with van der Waals surface area (Å²) in [6, 6.07) is 11.1. The molecule has 0 saturated heterocycles. The second kappa shape index (κ2) is 6.37. The highest BCUT2D eigenvalue weighted by Gasteiger charge is 2.21. The molecule has 3 rings (SSSR count). The molecule has 2 aromatic heterocycles. The summed E-state index contributed by atoms with van der Waals surface area (Å²) in [6.07, 6.45) is 1.30. The van der Waals surface area contributed by atoms with E-state index >= 15 is 0 Å². The highest BCUT2D eigenvalue weighted by molar-refractivity contribution is 7.22. The molecule has 0 spiro atoms. The Morgan fingerprint density at radius 2 is 1.96 bits per heavy atom. The second-order valence-corrected chi connectivity index (χ2v) is 7.86. The molecule has 6 heteroatoms. The molecule has 130 valence electrons. The first-order valence-corrected chi connectivity index (χ1v) is 8.70. The molecule has 25 heavy (non-hydrogen) atoms. The number of anilines is 1. The number of phenolic OH excluding ortho intramolecular Hbond substituents is 1. The van der Waals surface area contributed by atoms with Gasteiger partial charge in [0.2, 0.25) is 0 Å². The predicted molar refractivity (Wildman–Crippen MR) is 101 cm³/mol. The molecule has 0 radical (unpaired) electrons. The van der Waals surface area contributed by atoms with Crippen LogP contribution in [0.5, 0.6) is 5.75 Å². The first-order chi connectivity index (χ1) is 11.7. The zero-order valence-corrected chi connectivity index (χ0v) is 15.4. The van der Waals surface area contributed by atoms with Crippen LogP contribution in [0.2, 0.25) is 0 Å². The van der Waals surface area contributed by atoms with Crippen molar-refractivity contribution in [2.45, 2.75) is 26.4 Å². The van der Waals surface area contributed by atoms with Gasteiger partial charge in [0.25, 0.3) is 0 Å². The van der Waals surface area contributed by atoms with Gasteiger partial charge in [0, 0.05) is 28.4 Å². The SMILES string of the molecule is CN(C(=O)OC(C)(C)C)c1ccc(-c2cc3ccc(O)cc3s2)cn1. The second-order valence-electron chi connectivity index (χ2n) is 6.78. The van der Waals surface area contributed by atoms with E-state index in [2.05, 4.69) is 11.1 Å². The molecular formula is C19H20N2O3S. The van der Waals surface area contributed by atoms with Gasteiger partial charge in [0.05, 0.1) is 0 Å². The maximum atomic E-state index is 12.1. The van der Waals surface area contributed by atoms with Crippen LogP contribution in [0.4, 0.5) is 10.6 Å². The van der Waals surface area contributed by atoms with Crippen molar-refractivity contribution in [1.82, 2.24) is 4.98 Å². The van der Waals surface area contributed by atoms with Crippen LogP contribution < -0.4 is 4.90 Å². The van der Waals surface area contributed by atoms with Gasteiger partial charge < -0.3 is 9.84 Å². The van der Waals surface area contributed by atoms with Crippen LogP contribution in [0.15, 0.2) is 42.6 Å². The van der Waals surface area contributed by atoms with Crippen LogP contribution in [-0.2, 0) is 4.74 Å². The van der Waals surface area contributed by atoms with E-state index in [1.165, 1.54) is 4.90 Å². The van der Waals surface area contributed by atoms with Gasteiger partial charge in [-0.25, -0.2) is 9.78 Å². The minimum absolute atomic E-state index is 0.258. The fourth-order valence-electron chi connectivity index (χ4n) is 2.32. The highest BCUT2D eigenvalue weighted by atomic mass is 32.1. The standard InChI is InChI=1S/C19H20N2O3S/c1-19(2,3)24-18(23)21(4)17-8-6-13(11-20-17)15-9-12-5-7-14(22)10-16(12)25-15/h5-11,22H,1-4H3. The zero-order valence-electron chi connectivity index (χ0n) is 14.6. The Bertz CT molecular complexity index is 911. The lowest BCUT2D eigenvalue weighted by atomic mass is 10.2. The van der Waals surface area contributed by atoms with Crippen molar-refractivity contribution in [3.8, 4) is 16.2 Å². The van der Waals surface area contributed by atoms with Gasteiger partial charge in [-0.15, -0.1) is 11.3 Å². The van der Waals surface area contributed by atoms with E-state index in [4.69, 9.17) is 4.74 Å². The van der Waals surface area contributed by atoms with Crippen molar-refractivity contribution >= 4 is 33.3 Å². The Labute approximate surface area is 150 Å². The third-order valence-corrected chi connectivity index (χ3v) is 4.69. The third-order valence-electron chi connectivity index (χ3n) is 3.55. The molecule has 0 aliphatic rings. The van der Waals surface area contributed by atoms with E-state index in [0.29, 0.717) is 5.82 Å². The lowest BCUT2D eigenvalue weighted by Gasteiger charge is -2.24. The normalized spacial score (nSPS) is 11.5. The molecule has 1 amide bonds. The van der Waals surface area contributed by atoms with Crippen LogP contribution in [0.3, 0.4) is 0 Å². The molecule has 0 atom stereocenters. The number of amides is 1. The smallest absolute Gasteiger partial charge is 0.415 e. The van der Waals surface area contributed by atoms with Crippen molar-refractivity contribution in [3.05, 3.63) is 42.6 Å². The molecule has 0 saturated carbocycles. The third kappa shape index (κ3) is 3.91. The molecule has 5 nitrogen and oxygen atoms in total. The highest BCUT2D eigenvalue weighted by Crippen LogP contribution is 2.35. The Hall–Kier alpha value is -2.60. The van der Waals surface area contributed by atoms with Crippen molar-refractivity contribution in [3.63, 3.8) is 0 Å². The molecule has 0 fully saturated rings. The van der Waals surface area contributed by atoms with Crippen LogP contribution >= 0.6 is 11.3 Å².